The van der Waals surface area contributed by atoms with Crippen LogP contribution in [-0.2, 0) is 0 Å². The van der Waals surface area contributed by atoms with Crippen molar-refractivity contribution in [2.24, 2.45) is 5.92 Å². The molecule has 1 aromatic heterocycles. The van der Waals surface area contributed by atoms with E-state index in [0.717, 1.165) is 31.7 Å². The fourth-order valence-electron chi connectivity index (χ4n) is 1.46. The zero-order valence-corrected chi connectivity index (χ0v) is 10.6. The summed E-state index contributed by atoms with van der Waals surface area (Å²) in [6.07, 6.45) is 3.79. The minimum absolute atomic E-state index is 0.262. The Hall–Kier alpha value is -1.36. The van der Waals surface area contributed by atoms with Crippen LogP contribution in [0.5, 0.6) is 0 Å². The first-order valence-electron chi connectivity index (χ1n) is 6.18. The van der Waals surface area contributed by atoms with E-state index in [1.165, 1.54) is 0 Å². The van der Waals surface area contributed by atoms with Crippen LogP contribution in [0, 0.1) is 5.92 Å². The Morgan fingerprint density at radius 1 is 1.41 bits per heavy atom. The van der Waals surface area contributed by atoms with Gasteiger partial charge in [-0.2, -0.15) is 4.98 Å². The van der Waals surface area contributed by atoms with Crippen molar-refractivity contribution in [1.29, 1.82) is 0 Å². The lowest BCUT2D eigenvalue weighted by molar-refractivity contribution is 0.229. The molecule has 1 atom stereocenters. The minimum Gasteiger partial charge on any atom is -0.396 e. The largest absolute Gasteiger partial charge is 0.396 e. The van der Waals surface area contributed by atoms with Crippen LogP contribution in [0.25, 0.3) is 0 Å². The van der Waals surface area contributed by atoms with E-state index in [1.807, 2.05) is 19.9 Å². The Labute approximate surface area is 103 Å². The van der Waals surface area contributed by atoms with Gasteiger partial charge in [-0.25, -0.2) is 4.98 Å². The maximum atomic E-state index is 8.90. The number of aromatic nitrogens is 2. The van der Waals surface area contributed by atoms with E-state index in [0.29, 0.717) is 11.9 Å². The summed E-state index contributed by atoms with van der Waals surface area (Å²) in [5.41, 5.74) is 0. The van der Waals surface area contributed by atoms with Crippen molar-refractivity contribution in [1.82, 2.24) is 9.97 Å². The van der Waals surface area contributed by atoms with Crippen LogP contribution in [0.2, 0.25) is 0 Å². The van der Waals surface area contributed by atoms with E-state index in [4.69, 9.17) is 5.11 Å². The molecule has 1 unspecified atom stereocenters. The van der Waals surface area contributed by atoms with E-state index in [-0.39, 0.29) is 6.61 Å². The molecule has 0 radical (unpaired) electrons. The van der Waals surface area contributed by atoms with Gasteiger partial charge >= 0.3 is 0 Å². The Balaban J connectivity index is 2.28. The van der Waals surface area contributed by atoms with Gasteiger partial charge in [-0.15, -0.1) is 0 Å². The molecule has 0 aliphatic carbocycles. The van der Waals surface area contributed by atoms with Crippen LogP contribution in [0.1, 0.15) is 26.7 Å². The fraction of sp³-hybridized carbons (Fsp3) is 0.667. The zero-order chi connectivity index (χ0) is 12.5. The topological polar surface area (TPSA) is 70.1 Å². The lowest BCUT2D eigenvalue weighted by Crippen LogP contribution is -2.09. The summed E-state index contributed by atoms with van der Waals surface area (Å²) in [5.74, 6) is 1.87. The standard InChI is InChI=1S/C12H22N4O/c1-3-13-12-15-8-6-11(16-12)14-7-4-5-10(2)9-17/h6,8,10,17H,3-5,7,9H2,1-2H3,(H2,13,14,15,16). The van der Waals surface area contributed by atoms with Gasteiger partial charge in [0.1, 0.15) is 5.82 Å². The number of nitrogens with one attached hydrogen (secondary N) is 2. The van der Waals surface area contributed by atoms with Crippen LogP contribution in [0.15, 0.2) is 12.3 Å². The van der Waals surface area contributed by atoms with E-state index >= 15 is 0 Å². The van der Waals surface area contributed by atoms with Crippen LogP contribution in [0.3, 0.4) is 0 Å². The summed E-state index contributed by atoms with van der Waals surface area (Å²) in [4.78, 5) is 8.42. The van der Waals surface area contributed by atoms with Crippen molar-refractivity contribution in [3.63, 3.8) is 0 Å². The molecule has 0 aliphatic rings. The SMILES string of the molecule is CCNc1nccc(NCCCC(C)CO)n1. The molecule has 0 saturated carbocycles. The second-order valence-electron chi connectivity index (χ2n) is 4.15. The first-order chi connectivity index (χ1) is 8.26. The molecule has 1 heterocycles. The third kappa shape index (κ3) is 5.49. The molecule has 3 N–H and O–H groups in total. The highest BCUT2D eigenvalue weighted by Gasteiger charge is 2.00. The summed E-state index contributed by atoms with van der Waals surface area (Å²) in [6.45, 7) is 6.01. The summed E-state index contributed by atoms with van der Waals surface area (Å²) < 4.78 is 0. The van der Waals surface area contributed by atoms with E-state index in [2.05, 4.69) is 20.6 Å². The van der Waals surface area contributed by atoms with E-state index < -0.39 is 0 Å². The fourth-order valence-corrected chi connectivity index (χ4v) is 1.46. The first-order valence-corrected chi connectivity index (χ1v) is 6.18. The zero-order valence-electron chi connectivity index (χ0n) is 10.6. The van der Waals surface area contributed by atoms with Crippen LogP contribution in [0.4, 0.5) is 11.8 Å². The van der Waals surface area contributed by atoms with Crippen molar-refractivity contribution < 1.29 is 5.11 Å². The van der Waals surface area contributed by atoms with Gasteiger partial charge in [0.05, 0.1) is 0 Å². The number of nitrogens with zero attached hydrogens (tertiary/aromatic N) is 2. The summed E-state index contributed by atoms with van der Waals surface area (Å²) in [5, 5.41) is 15.2. The number of rotatable bonds is 8. The van der Waals surface area contributed by atoms with Crippen molar-refractivity contribution in [3.05, 3.63) is 12.3 Å². The van der Waals surface area contributed by atoms with Gasteiger partial charge in [0, 0.05) is 25.9 Å². The molecule has 0 aromatic carbocycles. The highest BCUT2D eigenvalue weighted by atomic mass is 16.3. The molecule has 1 aromatic rings. The molecule has 0 bridgehead atoms. The van der Waals surface area contributed by atoms with Crippen molar-refractivity contribution in [3.8, 4) is 0 Å². The van der Waals surface area contributed by atoms with Gasteiger partial charge < -0.3 is 15.7 Å². The normalized spacial score (nSPS) is 12.2. The lowest BCUT2D eigenvalue weighted by Gasteiger charge is -2.09. The average Bonchev–Trinajstić information content (AvgIpc) is 2.35. The predicted octanol–water partition coefficient (Wildman–Crippen LogP) is 1.73. The molecular formula is C12H22N4O. The van der Waals surface area contributed by atoms with Gasteiger partial charge in [-0.3, -0.25) is 0 Å². The summed E-state index contributed by atoms with van der Waals surface area (Å²) in [6, 6.07) is 1.86. The quantitative estimate of drug-likeness (QED) is 0.602. The molecule has 5 nitrogen and oxygen atoms in total. The van der Waals surface area contributed by atoms with Crippen molar-refractivity contribution >= 4 is 11.8 Å². The number of anilines is 2. The van der Waals surface area contributed by atoms with Crippen molar-refractivity contribution in [2.45, 2.75) is 26.7 Å². The average molecular weight is 238 g/mol. The number of hydrogen-bond donors (Lipinski definition) is 3. The Morgan fingerprint density at radius 3 is 2.94 bits per heavy atom. The maximum Gasteiger partial charge on any atom is 0.224 e. The summed E-state index contributed by atoms with van der Waals surface area (Å²) >= 11 is 0. The highest BCUT2D eigenvalue weighted by molar-refractivity contribution is 5.39. The Bertz CT molecular complexity index is 319. The minimum atomic E-state index is 0.262. The predicted molar refractivity (Wildman–Crippen MR) is 70.2 cm³/mol. The van der Waals surface area contributed by atoms with E-state index in [9.17, 15) is 0 Å². The first kappa shape index (κ1) is 13.7. The number of hydrogen-bond acceptors (Lipinski definition) is 5. The van der Waals surface area contributed by atoms with Gasteiger partial charge in [-0.05, 0) is 31.7 Å². The molecule has 0 spiro atoms. The monoisotopic (exact) mass is 238 g/mol. The molecule has 0 amide bonds. The van der Waals surface area contributed by atoms with Crippen LogP contribution < -0.4 is 10.6 Å². The molecule has 5 heteroatoms. The maximum absolute atomic E-state index is 8.90. The van der Waals surface area contributed by atoms with E-state index in [1.54, 1.807) is 6.20 Å². The lowest BCUT2D eigenvalue weighted by atomic mass is 10.1. The summed E-state index contributed by atoms with van der Waals surface area (Å²) in [7, 11) is 0. The van der Waals surface area contributed by atoms with Gasteiger partial charge in [0.25, 0.3) is 0 Å². The molecular weight excluding hydrogens is 216 g/mol. The second kappa shape index (κ2) is 7.84. The second-order valence-corrected chi connectivity index (χ2v) is 4.15. The third-order valence-corrected chi connectivity index (χ3v) is 2.48. The highest BCUT2D eigenvalue weighted by Crippen LogP contribution is 2.07. The van der Waals surface area contributed by atoms with Gasteiger partial charge in [0.2, 0.25) is 5.95 Å². The van der Waals surface area contributed by atoms with Crippen LogP contribution in [-0.4, -0.2) is 34.8 Å². The molecule has 1 rings (SSSR count). The smallest absolute Gasteiger partial charge is 0.224 e. The molecule has 0 fully saturated rings. The Morgan fingerprint density at radius 2 is 2.24 bits per heavy atom. The molecule has 0 saturated heterocycles. The van der Waals surface area contributed by atoms with Gasteiger partial charge in [-0.1, -0.05) is 6.92 Å². The number of aliphatic hydroxyl groups is 1. The molecule has 0 aliphatic heterocycles. The number of aliphatic hydroxyl groups excluding tert-OH is 1. The van der Waals surface area contributed by atoms with Gasteiger partial charge in [0.15, 0.2) is 0 Å². The van der Waals surface area contributed by atoms with Crippen molar-refractivity contribution in [2.75, 3.05) is 30.3 Å². The van der Waals surface area contributed by atoms with Crippen LogP contribution >= 0.6 is 0 Å². The molecule has 17 heavy (non-hydrogen) atoms. The Kier molecular flexibility index (Phi) is 6.32. The molecule has 96 valence electrons. The third-order valence-electron chi connectivity index (χ3n) is 2.48.